The van der Waals surface area contributed by atoms with Crippen LogP contribution in [0.1, 0.15) is 45.4 Å². The van der Waals surface area contributed by atoms with Crippen molar-refractivity contribution in [1.82, 2.24) is 25.3 Å². The lowest BCUT2D eigenvalue weighted by Gasteiger charge is -2.31. The van der Waals surface area contributed by atoms with E-state index in [1.807, 2.05) is 6.92 Å². The van der Waals surface area contributed by atoms with Crippen LogP contribution < -0.4 is 10.6 Å². The van der Waals surface area contributed by atoms with Gasteiger partial charge in [-0.1, -0.05) is 18.5 Å². The van der Waals surface area contributed by atoms with Crippen LogP contribution in [0.25, 0.3) is 22.4 Å². The Morgan fingerprint density at radius 3 is 2.87 bits per heavy atom. The average Bonchev–Trinajstić information content (AvgIpc) is 3.37. The summed E-state index contributed by atoms with van der Waals surface area (Å²) in [4.78, 5) is 28.3. The number of aromatic amines is 1. The van der Waals surface area contributed by atoms with E-state index in [9.17, 15) is 9.18 Å². The van der Waals surface area contributed by atoms with Crippen molar-refractivity contribution in [2.45, 2.75) is 57.5 Å². The van der Waals surface area contributed by atoms with Crippen molar-refractivity contribution in [2.75, 3.05) is 5.32 Å². The summed E-state index contributed by atoms with van der Waals surface area (Å²) in [6, 6.07) is 1.91. The van der Waals surface area contributed by atoms with Gasteiger partial charge in [0.15, 0.2) is 17.5 Å². The number of nitrogens with zero attached hydrogens (tertiary/aromatic N) is 3. The van der Waals surface area contributed by atoms with Gasteiger partial charge in [0.1, 0.15) is 5.65 Å². The first-order chi connectivity index (χ1) is 14.9. The predicted octanol–water partition coefficient (Wildman–Crippen LogP) is 4.45. The Labute approximate surface area is 184 Å². The molecule has 0 spiro atoms. The number of carbonyl (C=O) groups excluding carboxylic acids is 1. The molecule has 0 radical (unpaired) electrons. The Hall–Kier alpha value is -2.74. The molecule has 9 heteroatoms. The number of nitrogens with one attached hydrogen (secondary N) is 3. The Kier molecular flexibility index (Phi) is 5.04. The number of H-pyrrole nitrogens is 1. The normalized spacial score (nSPS) is 22.3. The minimum atomic E-state index is -0.503. The first-order valence-electron chi connectivity index (χ1n) is 10.6. The number of anilines is 1. The molecule has 162 valence electrons. The zero-order valence-corrected chi connectivity index (χ0v) is 18.0. The molecule has 3 heterocycles. The third-order valence-electron chi connectivity index (χ3n) is 6.38. The first-order valence-corrected chi connectivity index (χ1v) is 11.0. The molecule has 3 aromatic heterocycles. The SMILES string of the molecule is CC1(C(=O)N[C@@H]2CCCC(Nc3nc(-c4c[nH]c5ncc(Cl)cc45)ncc3F)C2)CC1. The molecule has 0 bridgehead atoms. The maximum absolute atomic E-state index is 14.5. The van der Waals surface area contributed by atoms with Crippen molar-refractivity contribution in [3.8, 4) is 11.4 Å². The van der Waals surface area contributed by atoms with Gasteiger partial charge in [0.2, 0.25) is 5.91 Å². The molecule has 3 N–H and O–H groups in total. The van der Waals surface area contributed by atoms with Crippen LogP contribution in [0.4, 0.5) is 10.2 Å². The number of halogens is 2. The van der Waals surface area contributed by atoms with E-state index in [1.165, 1.54) is 6.20 Å². The maximum Gasteiger partial charge on any atom is 0.226 e. The first kappa shape index (κ1) is 20.2. The van der Waals surface area contributed by atoms with Gasteiger partial charge in [0.05, 0.1) is 11.2 Å². The molecule has 2 aliphatic carbocycles. The van der Waals surface area contributed by atoms with Crippen LogP contribution in [0.3, 0.4) is 0 Å². The van der Waals surface area contributed by atoms with Crippen LogP contribution in [0.15, 0.2) is 24.7 Å². The molecule has 2 atom stereocenters. The molecule has 2 aliphatic rings. The molecule has 5 rings (SSSR count). The second kappa shape index (κ2) is 7.75. The lowest BCUT2D eigenvalue weighted by molar-refractivity contribution is -0.126. The van der Waals surface area contributed by atoms with Crippen molar-refractivity contribution in [1.29, 1.82) is 0 Å². The Morgan fingerprint density at radius 2 is 2.06 bits per heavy atom. The highest BCUT2D eigenvalue weighted by atomic mass is 35.5. The number of fused-ring (bicyclic) bond motifs is 1. The molecule has 2 fully saturated rings. The van der Waals surface area contributed by atoms with E-state index >= 15 is 0 Å². The zero-order chi connectivity index (χ0) is 21.6. The summed E-state index contributed by atoms with van der Waals surface area (Å²) in [5, 5.41) is 7.70. The van der Waals surface area contributed by atoms with E-state index in [1.54, 1.807) is 18.5 Å². The monoisotopic (exact) mass is 442 g/mol. The Bertz CT molecular complexity index is 1140. The topological polar surface area (TPSA) is 95.6 Å². The van der Waals surface area contributed by atoms with Crippen molar-refractivity contribution in [3.63, 3.8) is 0 Å². The summed E-state index contributed by atoms with van der Waals surface area (Å²) in [6.45, 7) is 2.01. The summed E-state index contributed by atoms with van der Waals surface area (Å²) in [5.41, 5.74) is 1.18. The maximum atomic E-state index is 14.5. The summed E-state index contributed by atoms with van der Waals surface area (Å²) in [5.74, 6) is 0.193. The minimum Gasteiger partial charge on any atom is -0.365 e. The van der Waals surface area contributed by atoms with Crippen LogP contribution in [-0.2, 0) is 4.79 Å². The molecular formula is C22H24ClFN6O. The number of aromatic nitrogens is 4. The van der Waals surface area contributed by atoms with Gasteiger partial charge in [0.25, 0.3) is 0 Å². The summed E-state index contributed by atoms with van der Waals surface area (Å²) >= 11 is 6.08. The molecular weight excluding hydrogens is 419 g/mol. The zero-order valence-electron chi connectivity index (χ0n) is 17.2. The third kappa shape index (κ3) is 4.08. The molecule has 1 unspecified atom stereocenters. The Balaban J connectivity index is 1.33. The van der Waals surface area contributed by atoms with E-state index in [0.717, 1.165) is 43.9 Å². The van der Waals surface area contributed by atoms with E-state index in [2.05, 4.69) is 30.6 Å². The summed E-state index contributed by atoms with van der Waals surface area (Å²) < 4.78 is 14.5. The molecule has 31 heavy (non-hydrogen) atoms. The standard InChI is InChI=1S/C22H24ClFN6O/c1-22(5-6-22)21(31)29-14-4-2-3-13(8-14)28-20-17(24)11-27-19(30-20)16-10-26-18-15(16)7-12(23)9-25-18/h7,9-11,13-14H,2-6,8H2,1H3,(H,25,26)(H,29,31)(H,27,28,30)/t13?,14-/m1/s1. The van der Waals surface area contributed by atoms with Gasteiger partial charge in [-0.2, -0.15) is 0 Å². The van der Waals surface area contributed by atoms with Crippen molar-refractivity contribution in [3.05, 3.63) is 35.5 Å². The number of rotatable bonds is 5. The average molecular weight is 443 g/mol. The highest BCUT2D eigenvalue weighted by Crippen LogP contribution is 2.45. The summed E-state index contributed by atoms with van der Waals surface area (Å²) in [6.07, 6.45) is 9.94. The van der Waals surface area contributed by atoms with Crippen LogP contribution in [0.2, 0.25) is 5.02 Å². The quantitative estimate of drug-likeness (QED) is 0.542. The van der Waals surface area contributed by atoms with Gasteiger partial charge < -0.3 is 15.6 Å². The van der Waals surface area contributed by atoms with Crippen LogP contribution in [0.5, 0.6) is 0 Å². The van der Waals surface area contributed by atoms with Gasteiger partial charge in [-0.3, -0.25) is 4.79 Å². The van der Waals surface area contributed by atoms with Gasteiger partial charge >= 0.3 is 0 Å². The molecule has 3 aromatic rings. The van der Waals surface area contributed by atoms with E-state index in [0.29, 0.717) is 22.1 Å². The van der Waals surface area contributed by atoms with Crippen LogP contribution in [-0.4, -0.2) is 37.9 Å². The van der Waals surface area contributed by atoms with Crippen LogP contribution in [0, 0.1) is 11.2 Å². The molecule has 1 amide bonds. The van der Waals surface area contributed by atoms with Crippen molar-refractivity contribution in [2.24, 2.45) is 5.41 Å². The summed E-state index contributed by atoms with van der Waals surface area (Å²) in [7, 11) is 0. The highest BCUT2D eigenvalue weighted by Gasteiger charge is 2.45. The van der Waals surface area contributed by atoms with Gasteiger partial charge in [-0.05, 0) is 44.6 Å². The fraction of sp³-hybridized carbons (Fsp3) is 0.455. The smallest absolute Gasteiger partial charge is 0.226 e. The molecule has 0 saturated heterocycles. The van der Waals surface area contributed by atoms with E-state index < -0.39 is 5.82 Å². The fourth-order valence-electron chi connectivity index (χ4n) is 4.18. The number of hydrogen-bond donors (Lipinski definition) is 3. The third-order valence-corrected chi connectivity index (χ3v) is 6.59. The largest absolute Gasteiger partial charge is 0.365 e. The lowest BCUT2D eigenvalue weighted by Crippen LogP contribution is -2.44. The van der Waals surface area contributed by atoms with Crippen LogP contribution >= 0.6 is 11.6 Å². The predicted molar refractivity (Wildman–Crippen MR) is 117 cm³/mol. The number of pyridine rings is 1. The lowest BCUT2D eigenvalue weighted by atomic mass is 9.90. The number of carbonyl (C=O) groups is 1. The van der Waals surface area contributed by atoms with E-state index in [4.69, 9.17) is 11.6 Å². The van der Waals surface area contributed by atoms with Gasteiger partial charge in [0, 0.05) is 40.8 Å². The second-order valence-corrected chi connectivity index (χ2v) is 9.32. The fourth-order valence-corrected chi connectivity index (χ4v) is 4.34. The molecule has 7 nitrogen and oxygen atoms in total. The van der Waals surface area contributed by atoms with E-state index in [-0.39, 0.29) is 29.2 Å². The number of amides is 1. The molecule has 0 aliphatic heterocycles. The highest BCUT2D eigenvalue weighted by molar-refractivity contribution is 6.31. The van der Waals surface area contributed by atoms with Gasteiger partial charge in [-0.25, -0.2) is 19.3 Å². The van der Waals surface area contributed by atoms with Crippen molar-refractivity contribution < 1.29 is 9.18 Å². The molecule has 2 saturated carbocycles. The van der Waals surface area contributed by atoms with Crippen molar-refractivity contribution >= 4 is 34.4 Å². The minimum absolute atomic E-state index is 0.0300. The Morgan fingerprint density at radius 1 is 1.26 bits per heavy atom. The second-order valence-electron chi connectivity index (χ2n) is 8.88. The van der Waals surface area contributed by atoms with Gasteiger partial charge in [-0.15, -0.1) is 0 Å². The number of hydrogen-bond acceptors (Lipinski definition) is 5. The molecule has 0 aromatic carbocycles.